The Hall–Kier alpha value is 2.61. The molecule has 9 heteroatoms. The molecule has 0 aromatic rings. The molecule has 0 heterocycles. The second-order valence-corrected chi connectivity index (χ2v) is 9.92. The average Bonchev–Trinajstić information content (AvgIpc) is 2.62. The molecule has 0 aromatic heterocycles. The van der Waals surface area contributed by atoms with E-state index in [0.717, 1.165) is 0 Å². The van der Waals surface area contributed by atoms with Gasteiger partial charge in [-0.15, -0.1) is 104 Å². The third kappa shape index (κ3) is 1.94. The van der Waals surface area contributed by atoms with Gasteiger partial charge >= 0.3 is 0 Å². The first-order valence-corrected chi connectivity index (χ1v) is 9.30. The normalized spacial score (nSPS) is 48.5. The molecule has 2 saturated carbocycles. The zero-order valence-corrected chi connectivity index (χ0v) is 16.0. The van der Waals surface area contributed by atoms with Crippen molar-refractivity contribution in [3.63, 3.8) is 0 Å². The Labute approximate surface area is 157 Å². The van der Waals surface area contributed by atoms with Gasteiger partial charge in [-0.1, -0.05) is 0 Å². The predicted molar refractivity (Wildman–Crippen MR) is 88.4 cm³/mol. The zero-order chi connectivity index (χ0) is 14.8. The molecule has 2 aliphatic carbocycles. The summed E-state index contributed by atoms with van der Waals surface area (Å²) in [5.74, 6) is -0.192. The van der Waals surface area contributed by atoms with Crippen molar-refractivity contribution >= 4 is 104 Å². The number of hydrogen-bond acceptors (Lipinski definition) is 0. The molecule has 5 atom stereocenters. The molecule has 0 aliphatic heterocycles. The molecule has 19 heavy (non-hydrogen) atoms. The van der Waals surface area contributed by atoms with Gasteiger partial charge in [0.05, 0.1) is 16.2 Å². The monoisotopic (exact) mass is 444 g/mol. The molecule has 2 fully saturated rings. The minimum Gasteiger partial charge on any atom is -0.126 e. The molecule has 112 valence electrons. The van der Waals surface area contributed by atoms with Gasteiger partial charge in [0.15, 0.2) is 0 Å². The van der Waals surface area contributed by atoms with E-state index in [0.29, 0.717) is 6.42 Å². The molecule has 0 radical (unpaired) electrons. The van der Waals surface area contributed by atoms with E-state index in [9.17, 15) is 0 Å². The average molecular weight is 448 g/mol. The van der Waals surface area contributed by atoms with Crippen molar-refractivity contribution in [1.82, 2.24) is 0 Å². The van der Waals surface area contributed by atoms with Crippen LogP contribution in [0.15, 0.2) is 0 Å². The van der Waals surface area contributed by atoms with Crippen molar-refractivity contribution in [2.24, 2.45) is 16.7 Å². The highest BCUT2D eigenvalue weighted by atomic mass is 35.5. The summed E-state index contributed by atoms with van der Waals surface area (Å²) < 4.78 is -1.29. The maximum Gasteiger partial charge on any atom is 0.129 e. The van der Waals surface area contributed by atoms with Gasteiger partial charge in [0.1, 0.15) is 14.0 Å². The smallest absolute Gasteiger partial charge is 0.126 e. The highest BCUT2D eigenvalue weighted by Gasteiger charge is 2.84. The quantitative estimate of drug-likeness (QED) is 0.450. The summed E-state index contributed by atoms with van der Waals surface area (Å²) in [6, 6.07) is 0. The van der Waals surface area contributed by atoms with Crippen LogP contribution in [0, 0.1) is 16.7 Å². The van der Waals surface area contributed by atoms with Gasteiger partial charge < -0.3 is 0 Å². The Balaban J connectivity index is 2.74. The lowest BCUT2D eigenvalue weighted by atomic mass is 9.69. The van der Waals surface area contributed by atoms with Crippen molar-refractivity contribution in [3.8, 4) is 0 Å². The van der Waals surface area contributed by atoms with Crippen LogP contribution >= 0.6 is 104 Å². The van der Waals surface area contributed by atoms with Crippen LogP contribution in [0.5, 0.6) is 0 Å². The SMILES string of the molecule is ClC[C@@]1(C(Cl)Cl)[C@H]2CC(Cl)(Cl)[C@]1(C(Cl)Cl)[C@@H](Cl)[C@@H]2Cl. The van der Waals surface area contributed by atoms with E-state index in [4.69, 9.17) is 104 Å². The molecule has 0 spiro atoms. The van der Waals surface area contributed by atoms with Crippen molar-refractivity contribution in [2.45, 2.75) is 31.2 Å². The standard InChI is InChI=1S/C10H9Cl9/c11-2-8(6(14)15)3-1-9(18,19)10(8,7(16)17)5(13)4(3)12/h3-7H,1-2H2/t3-,4+,5-,8-,10-/m0/s1. The van der Waals surface area contributed by atoms with E-state index in [2.05, 4.69) is 0 Å². The summed E-state index contributed by atoms with van der Waals surface area (Å²) in [5.41, 5.74) is -2.12. The minimum atomic E-state index is -1.29. The molecule has 2 rings (SSSR count). The number of fused-ring (bicyclic) bond motifs is 2. The summed E-state index contributed by atoms with van der Waals surface area (Å²) in [6.07, 6.45) is 0.339. The van der Waals surface area contributed by atoms with E-state index in [-0.39, 0.29) is 11.8 Å². The Bertz CT molecular complexity index is 370. The van der Waals surface area contributed by atoms with Crippen LogP contribution in [0.4, 0.5) is 0 Å². The van der Waals surface area contributed by atoms with Crippen molar-refractivity contribution in [1.29, 1.82) is 0 Å². The highest BCUT2D eigenvalue weighted by Crippen LogP contribution is 2.79. The number of hydrogen-bond donors (Lipinski definition) is 0. The van der Waals surface area contributed by atoms with Gasteiger partial charge in [0, 0.05) is 11.3 Å². The van der Waals surface area contributed by atoms with Crippen LogP contribution in [0.1, 0.15) is 6.42 Å². The van der Waals surface area contributed by atoms with E-state index in [1.54, 1.807) is 0 Å². The minimum absolute atomic E-state index is 0.0684. The summed E-state index contributed by atoms with van der Waals surface area (Å²) in [7, 11) is 0. The van der Waals surface area contributed by atoms with Gasteiger partial charge in [0.25, 0.3) is 0 Å². The zero-order valence-electron chi connectivity index (χ0n) is 9.20. The maximum atomic E-state index is 6.46. The van der Waals surface area contributed by atoms with Crippen molar-refractivity contribution < 1.29 is 0 Å². The Morgan fingerprint density at radius 2 is 1.53 bits per heavy atom. The number of halogens is 9. The molecule has 0 unspecified atom stereocenters. The number of alkyl halides is 9. The lowest BCUT2D eigenvalue weighted by molar-refractivity contribution is 0.137. The van der Waals surface area contributed by atoms with Gasteiger partial charge in [-0.2, -0.15) is 0 Å². The Kier molecular flexibility index (Phi) is 5.30. The molecule has 0 N–H and O–H groups in total. The Morgan fingerprint density at radius 1 is 1.00 bits per heavy atom. The third-order valence-corrected chi connectivity index (χ3v) is 8.71. The first-order chi connectivity index (χ1) is 8.61. The Morgan fingerprint density at radius 3 is 1.84 bits per heavy atom. The molecule has 0 saturated heterocycles. The van der Waals surface area contributed by atoms with Crippen LogP contribution in [-0.4, -0.2) is 30.6 Å². The van der Waals surface area contributed by atoms with E-state index < -0.39 is 35.6 Å². The van der Waals surface area contributed by atoms with Gasteiger partial charge in [-0.3, -0.25) is 0 Å². The lowest BCUT2D eigenvalue weighted by Crippen LogP contribution is -2.58. The fourth-order valence-electron chi connectivity index (χ4n) is 3.68. The first-order valence-electron chi connectivity index (χ1n) is 5.39. The molecular formula is C10H9Cl9. The maximum absolute atomic E-state index is 6.46. The highest BCUT2D eigenvalue weighted by molar-refractivity contribution is 6.54. The number of rotatable bonds is 3. The van der Waals surface area contributed by atoms with Gasteiger partial charge in [-0.05, 0) is 12.3 Å². The summed E-state index contributed by atoms with van der Waals surface area (Å²) in [4.78, 5) is -1.89. The molecule has 0 aromatic carbocycles. The topological polar surface area (TPSA) is 0 Å². The predicted octanol–water partition coefficient (Wildman–Crippen LogP) is 6.23. The second kappa shape index (κ2) is 5.60. The molecule has 0 amide bonds. The fourth-order valence-corrected chi connectivity index (χ4v) is 9.10. The lowest BCUT2D eigenvalue weighted by Gasteiger charge is -2.50. The van der Waals surface area contributed by atoms with Crippen molar-refractivity contribution in [3.05, 3.63) is 0 Å². The van der Waals surface area contributed by atoms with Gasteiger partial charge in [0.2, 0.25) is 0 Å². The second-order valence-electron chi connectivity index (χ2n) is 5.01. The largest absolute Gasteiger partial charge is 0.129 e. The third-order valence-electron chi connectivity index (χ3n) is 4.57. The summed E-state index contributed by atoms with van der Waals surface area (Å²) in [5, 5.41) is -1.13. The first kappa shape index (κ1) is 18.0. The molecule has 2 aliphatic rings. The van der Waals surface area contributed by atoms with Crippen LogP contribution in [0.2, 0.25) is 0 Å². The van der Waals surface area contributed by atoms with Crippen LogP contribution in [-0.2, 0) is 0 Å². The fraction of sp³-hybridized carbons (Fsp3) is 1.00. The van der Waals surface area contributed by atoms with Crippen molar-refractivity contribution in [2.75, 3.05) is 5.88 Å². The molecular weight excluding hydrogens is 439 g/mol. The van der Waals surface area contributed by atoms with E-state index in [1.165, 1.54) is 0 Å². The van der Waals surface area contributed by atoms with Crippen LogP contribution in [0.3, 0.4) is 0 Å². The van der Waals surface area contributed by atoms with E-state index in [1.807, 2.05) is 0 Å². The van der Waals surface area contributed by atoms with Gasteiger partial charge in [-0.25, -0.2) is 0 Å². The van der Waals surface area contributed by atoms with Crippen LogP contribution in [0.25, 0.3) is 0 Å². The summed E-state index contributed by atoms with van der Waals surface area (Å²) in [6.45, 7) is 0. The molecule has 2 bridgehead atoms. The summed E-state index contributed by atoms with van der Waals surface area (Å²) >= 11 is 56.7. The molecule has 0 nitrogen and oxygen atoms in total. The van der Waals surface area contributed by atoms with E-state index >= 15 is 0 Å². The van der Waals surface area contributed by atoms with Crippen LogP contribution < -0.4 is 0 Å².